The topological polar surface area (TPSA) is 55.1 Å². The number of carboxylic acids is 1. The molecule has 0 saturated heterocycles. The molecule has 6 heteroatoms. The fourth-order valence-electron chi connectivity index (χ4n) is 2.92. The van der Waals surface area contributed by atoms with Crippen molar-refractivity contribution in [3.05, 3.63) is 62.8 Å². The summed E-state index contributed by atoms with van der Waals surface area (Å²) in [5.74, 6) is -0.0778. The van der Waals surface area contributed by atoms with Gasteiger partial charge in [-0.3, -0.25) is 0 Å². The van der Waals surface area contributed by atoms with Crippen LogP contribution in [0, 0.1) is 0 Å². The molecule has 1 N–H and O–H groups in total. The van der Waals surface area contributed by atoms with Crippen LogP contribution >= 0.6 is 27.5 Å². The average molecular weight is 422 g/mol. The fraction of sp³-hybridized carbons (Fsp3) is 0.263. The first kappa shape index (κ1) is 18.0. The van der Waals surface area contributed by atoms with Crippen molar-refractivity contribution < 1.29 is 9.90 Å². The highest BCUT2D eigenvalue weighted by Gasteiger charge is 2.20. The van der Waals surface area contributed by atoms with Gasteiger partial charge in [-0.2, -0.15) is 0 Å². The molecule has 3 rings (SSSR count). The fourth-order valence-corrected chi connectivity index (χ4v) is 3.52. The third-order valence-electron chi connectivity index (χ3n) is 4.19. The molecule has 0 amide bonds. The van der Waals surface area contributed by atoms with E-state index in [1.54, 1.807) is 12.1 Å². The van der Waals surface area contributed by atoms with Gasteiger partial charge >= 0.3 is 5.97 Å². The Kier molecular flexibility index (Phi) is 5.45. The number of unbranched alkanes of at least 4 members (excludes halogenated alkanes) is 1. The number of rotatable bonds is 6. The average Bonchev–Trinajstić information content (AvgIpc) is 2.94. The summed E-state index contributed by atoms with van der Waals surface area (Å²) in [5, 5.41) is 10.3. The van der Waals surface area contributed by atoms with Crippen LogP contribution in [-0.2, 0) is 13.0 Å². The van der Waals surface area contributed by atoms with Crippen LogP contribution < -0.4 is 0 Å². The Labute approximate surface area is 159 Å². The molecule has 0 aliphatic heterocycles. The zero-order chi connectivity index (χ0) is 18.0. The first-order valence-corrected chi connectivity index (χ1v) is 9.34. The summed E-state index contributed by atoms with van der Waals surface area (Å²) in [6, 6.07) is 11.0. The molecule has 2 aromatic carbocycles. The van der Waals surface area contributed by atoms with E-state index in [1.165, 1.54) is 0 Å². The van der Waals surface area contributed by atoms with Gasteiger partial charge < -0.3 is 9.67 Å². The van der Waals surface area contributed by atoms with E-state index >= 15 is 0 Å². The van der Waals surface area contributed by atoms with Crippen molar-refractivity contribution in [3.63, 3.8) is 0 Å². The maximum Gasteiger partial charge on any atom is 0.337 e. The Morgan fingerprint density at radius 3 is 2.72 bits per heavy atom. The minimum absolute atomic E-state index is 0.250. The number of carbonyl (C=O) groups is 1. The van der Waals surface area contributed by atoms with Gasteiger partial charge in [0.05, 0.1) is 17.6 Å². The summed E-state index contributed by atoms with van der Waals surface area (Å²) in [4.78, 5) is 16.5. The van der Waals surface area contributed by atoms with Crippen LogP contribution in [0.1, 0.15) is 41.5 Å². The lowest BCUT2D eigenvalue weighted by atomic mass is 10.1. The molecule has 3 aromatic rings. The zero-order valence-corrected chi connectivity index (χ0v) is 16.1. The molecule has 0 radical (unpaired) electrons. The number of aromatic carboxylic acids is 1. The van der Waals surface area contributed by atoms with Gasteiger partial charge in [0.15, 0.2) is 0 Å². The molecular weight excluding hydrogens is 404 g/mol. The van der Waals surface area contributed by atoms with Crippen LogP contribution in [0.25, 0.3) is 11.0 Å². The van der Waals surface area contributed by atoms with E-state index in [-0.39, 0.29) is 5.56 Å². The number of fused-ring (bicyclic) bond motifs is 1. The van der Waals surface area contributed by atoms with E-state index < -0.39 is 5.97 Å². The second-order valence-electron chi connectivity index (χ2n) is 5.91. The van der Waals surface area contributed by atoms with Gasteiger partial charge in [0.2, 0.25) is 0 Å². The predicted molar refractivity (Wildman–Crippen MR) is 104 cm³/mol. The summed E-state index contributed by atoms with van der Waals surface area (Å²) in [6.07, 6.45) is 2.83. The summed E-state index contributed by atoms with van der Waals surface area (Å²) < 4.78 is 2.78. The van der Waals surface area contributed by atoms with Gasteiger partial charge in [-0.15, -0.1) is 0 Å². The van der Waals surface area contributed by atoms with Gasteiger partial charge in [0.25, 0.3) is 0 Å². The first-order chi connectivity index (χ1) is 12.0. The van der Waals surface area contributed by atoms with Crippen LogP contribution in [0.3, 0.4) is 0 Å². The third-order valence-corrected chi connectivity index (χ3v) is 5.20. The maximum absolute atomic E-state index is 11.7. The number of halogens is 2. The summed E-state index contributed by atoms with van der Waals surface area (Å²) in [7, 11) is 0. The Balaban J connectivity index is 2.23. The number of aromatic nitrogens is 2. The summed E-state index contributed by atoms with van der Waals surface area (Å²) >= 11 is 9.82. The van der Waals surface area contributed by atoms with Gasteiger partial charge in [-0.1, -0.05) is 43.1 Å². The molecule has 0 atom stereocenters. The number of benzene rings is 2. The Morgan fingerprint density at radius 2 is 2.04 bits per heavy atom. The lowest BCUT2D eigenvalue weighted by Gasteiger charge is -2.12. The van der Waals surface area contributed by atoms with Crippen molar-refractivity contribution in [2.24, 2.45) is 0 Å². The predicted octanol–water partition coefficient (Wildman–Crippen LogP) is 5.54. The van der Waals surface area contributed by atoms with Crippen LogP contribution in [0.2, 0.25) is 5.02 Å². The van der Waals surface area contributed by atoms with E-state index in [0.29, 0.717) is 22.6 Å². The Bertz CT molecular complexity index is 937. The van der Waals surface area contributed by atoms with Gasteiger partial charge in [0, 0.05) is 15.9 Å². The molecule has 25 heavy (non-hydrogen) atoms. The number of aryl methyl sites for hydroxylation is 1. The van der Waals surface area contributed by atoms with E-state index in [1.807, 2.05) is 28.8 Å². The van der Waals surface area contributed by atoms with E-state index in [2.05, 4.69) is 22.9 Å². The number of hydrogen-bond acceptors (Lipinski definition) is 2. The minimum atomic E-state index is -0.958. The van der Waals surface area contributed by atoms with Crippen molar-refractivity contribution in [2.45, 2.75) is 32.7 Å². The minimum Gasteiger partial charge on any atom is -0.478 e. The van der Waals surface area contributed by atoms with Crippen molar-refractivity contribution in [1.82, 2.24) is 9.55 Å². The Hall–Kier alpha value is -1.85. The monoisotopic (exact) mass is 420 g/mol. The first-order valence-electron chi connectivity index (χ1n) is 8.17. The highest BCUT2D eigenvalue weighted by atomic mass is 79.9. The number of hydrogen-bond donors (Lipinski definition) is 1. The molecule has 0 bridgehead atoms. The number of nitrogens with zero attached hydrogens (tertiary/aromatic N) is 2. The largest absolute Gasteiger partial charge is 0.478 e. The number of imidazole rings is 1. The second kappa shape index (κ2) is 7.58. The smallest absolute Gasteiger partial charge is 0.337 e. The highest BCUT2D eigenvalue weighted by Crippen LogP contribution is 2.30. The van der Waals surface area contributed by atoms with Crippen LogP contribution in [0.4, 0.5) is 0 Å². The SMILES string of the molecule is CCCCc1nc2c(Br)ccc(C(=O)O)c2n1Cc1ccccc1Cl. The van der Waals surface area contributed by atoms with E-state index in [4.69, 9.17) is 16.6 Å². The lowest BCUT2D eigenvalue weighted by Crippen LogP contribution is -2.09. The van der Waals surface area contributed by atoms with Crippen LogP contribution in [0.5, 0.6) is 0 Å². The molecule has 0 aliphatic rings. The molecule has 0 saturated carbocycles. The summed E-state index contributed by atoms with van der Waals surface area (Å²) in [6.45, 7) is 2.62. The van der Waals surface area contributed by atoms with Gasteiger partial charge in [-0.25, -0.2) is 9.78 Å². The molecular formula is C19H18BrClN2O2. The molecule has 0 aliphatic carbocycles. The van der Waals surface area contributed by atoms with Crippen molar-refractivity contribution >= 4 is 44.5 Å². The molecule has 1 aromatic heterocycles. The summed E-state index contributed by atoms with van der Waals surface area (Å²) in [5.41, 5.74) is 2.50. The van der Waals surface area contributed by atoms with E-state index in [9.17, 15) is 9.90 Å². The zero-order valence-electron chi connectivity index (χ0n) is 13.8. The van der Waals surface area contributed by atoms with E-state index in [0.717, 1.165) is 35.1 Å². The van der Waals surface area contributed by atoms with Gasteiger partial charge in [-0.05, 0) is 46.1 Å². The molecule has 130 valence electrons. The molecule has 0 unspecified atom stereocenters. The number of carboxylic acid groups (broad SMARTS) is 1. The normalized spacial score (nSPS) is 11.2. The molecule has 1 heterocycles. The third kappa shape index (κ3) is 3.58. The molecule has 4 nitrogen and oxygen atoms in total. The van der Waals surface area contributed by atoms with Crippen LogP contribution in [0.15, 0.2) is 40.9 Å². The molecule has 0 fully saturated rings. The molecule has 0 spiro atoms. The quantitative estimate of drug-likeness (QED) is 0.568. The van der Waals surface area contributed by atoms with Gasteiger partial charge in [0.1, 0.15) is 11.3 Å². The van der Waals surface area contributed by atoms with Crippen molar-refractivity contribution in [2.75, 3.05) is 0 Å². The van der Waals surface area contributed by atoms with Crippen molar-refractivity contribution in [3.8, 4) is 0 Å². The van der Waals surface area contributed by atoms with Crippen molar-refractivity contribution in [1.29, 1.82) is 0 Å². The standard InChI is InChI=1S/C19H18BrClN2O2/c1-2-3-8-16-22-17-14(20)10-9-13(19(24)25)18(17)23(16)11-12-6-4-5-7-15(12)21/h4-7,9-10H,2-3,8,11H2,1H3,(H,24,25). The van der Waals surface area contributed by atoms with Crippen LogP contribution in [-0.4, -0.2) is 20.6 Å². The highest BCUT2D eigenvalue weighted by molar-refractivity contribution is 9.10. The lowest BCUT2D eigenvalue weighted by molar-refractivity contribution is 0.0698. The maximum atomic E-state index is 11.7. The second-order valence-corrected chi connectivity index (χ2v) is 7.17. The Morgan fingerprint density at radius 1 is 1.28 bits per heavy atom.